The number of halogens is 4. The number of benzene rings is 1. The molecule has 0 bridgehead atoms. The van der Waals surface area contributed by atoms with Gasteiger partial charge in [-0.05, 0) is 12.8 Å². The van der Waals surface area contributed by atoms with E-state index in [1.54, 1.807) is 0 Å². The number of methoxy groups -OCH3 is 1. The highest BCUT2D eigenvalue weighted by molar-refractivity contribution is 7.89. The zero-order valence-corrected chi connectivity index (χ0v) is 14.0. The highest BCUT2D eigenvalue weighted by Crippen LogP contribution is 2.32. The van der Waals surface area contributed by atoms with E-state index in [1.165, 1.54) is 0 Å². The summed E-state index contributed by atoms with van der Waals surface area (Å²) in [6, 6.07) is -0.526. The molecule has 4 nitrogen and oxygen atoms in total. The summed E-state index contributed by atoms with van der Waals surface area (Å²) in [5, 5.41) is 0. The minimum atomic E-state index is -4.75. The number of hydrogen-bond acceptors (Lipinski definition) is 3. The molecule has 1 saturated carbocycles. The van der Waals surface area contributed by atoms with Crippen LogP contribution in [0.2, 0.25) is 0 Å². The number of sulfonamides is 1. The maximum atomic E-state index is 14.0. The van der Waals surface area contributed by atoms with Gasteiger partial charge in [-0.1, -0.05) is 32.1 Å². The van der Waals surface area contributed by atoms with Gasteiger partial charge in [0, 0.05) is 6.04 Å². The standard InChI is InChI=1S/C15H19F4NO3S/c1-23-14-10(16)12(18)15(13(19)11(14)17)24(21,22)20-9-7-5-3-2-4-6-8-9/h9,20H,2-8H2,1H3. The van der Waals surface area contributed by atoms with E-state index in [1.807, 2.05) is 0 Å². The lowest BCUT2D eigenvalue weighted by Crippen LogP contribution is -2.36. The van der Waals surface area contributed by atoms with Gasteiger partial charge in [-0.25, -0.2) is 21.9 Å². The average Bonchev–Trinajstić information content (AvgIpc) is 2.48. The van der Waals surface area contributed by atoms with Gasteiger partial charge in [-0.2, -0.15) is 8.78 Å². The molecule has 0 amide bonds. The van der Waals surface area contributed by atoms with Crippen LogP contribution in [0.3, 0.4) is 0 Å². The van der Waals surface area contributed by atoms with E-state index >= 15 is 0 Å². The van der Waals surface area contributed by atoms with Crippen LogP contribution in [0.4, 0.5) is 17.6 Å². The van der Waals surface area contributed by atoms with E-state index in [-0.39, 0.29) is 0 Å². The Balaban J connectivity index is 2.38. The summed E-state index contributed by atoms with van der Waals surface area (Å²) in [5.74, 6) is -9.05. The second-order valence-electron chi connectivity index (χ2n) is 5.78. The molecule has 0 saturated heterocycles. The van der Waals surface area contributed by atoms with E-state index in [4.69, 9.17) is 0 Å². The van der Waals surface area contributed by atoms with Crippen LogP contribution < -0.4 is 9.46 Å². The zero-order chi connectivity index (χ0) is 17.9. The summed E-state index contributed by atoms with van der Waals surface area (Å²) in [7, 11) is -3.93. The normalized spacial score (nSPS) is 17.4. The van der Waals surface area contributed by atoms with E-state index < -0.39 is 50.0 Å². The zero-order valence-electron chi connectivity index (χ0n) is 13.2. The van der Waals surface area contributed by atoms with E-state index in [9.17, 15) is 26.0 Å². The summed E-state index contributed by atoms with van der Waals surface area (Å²) in [6.07, 6.45) is 5.47. The molecular weight excluding hydrogens is 350 g/mol. The maximum Gasteiger partial charge on any atom is 0.246 e. The van der Waals surface area contributed by atoms with Gasteiger partial charge < -0.3 is 4.74 Å². The average molecular weight is 369 g/mol. The largest absolute Gasteiger partial charge is 0.491 e. The van der Waals surface area contributed by atoms with Gasteiger partial charge in [-0.3, -0.25) is 0 Å². The van der Waals surface area contributed by atoms with E-state index in [0.29, 0.717) is 12.8 Å². The molecule has 0 aliphatic heterocycles. The van der Waals surface area contributed by atoms with Crippen LogP contribution in [0.5, 0.6) is 5.75 Å². The quantitative estimate of drug-likeness (QED) is 0.651. The van der Waals surface area contributed by atoms with Crippen molar-refractivity contribution in [2.24, 2.45) is 0 Å². The van der Waals surface area contributed by atoms with Crippen molar-refractivity contribution in [3.63, 3.8) is 0 Å². The molecule has 24 heavy (non-hydrogen) atoms. The van der Waals surface area contributed by atoms with Crippen molar-refractivity contribution in [3.05, 3.63) is 23.3 Å². The highest BCUT2D eigenvalue weighted by Gasteiger charge is 2.34. The molecule has 0 unspecified atom stereocenters. The predicted octanol–water partition coefficient (Wildman–Crippen LogP) is 3.64. The minimum Gasteiger partial charge on any atom is -0.491 e. The third kappa shape index (κ3) is 3.83. The van der Waals surface area contributed by atoms with Gasteiger partial charge in [0.2, 0.25) is 21.7 Å². The molecule has 136 valence electrons. The van der Waals surface area contributed by atoms with Crippen molar-refractivity contribution in [2.75, 3.05) is 7.11 Å². The molecule has 1 aromatic carbocycles. The van der Waals surface area contributed by atoms with Gasteiger partial charge in [0.05, 0.1) is 7.11 Å². The lowest BCUT2D eigenvalue weighted by Gasteiger charge is -2.21. The van der Waals surface area contributed by atoms with Gasteiger partial charge in [-0.15, -0.1) is 0 Å². The SMILES string of the molecule is COc1c(F)c(F)c(S(=O)(=O)NC2CCCCCCC2)c(F)c1F. The highest BCUT2D eigenvalue weighted by atomic mass is 32.2. The first-order chi connectivity index (χ1) is 11.3. The fourth-order valence-corrected chi connectivity index (χ4v) is 4.30. The fourth-order valence-electron chi connectivity index (χ4n) is 2.86. The first-order valence-electron chi connectivity index (χ1n) is 7.72. The smallest absolute Gasteiger partial charge is 0.246 e. The Morgan fingerprint density at radius 3 is 1.79 bits per heavy atom. The van der Waals surface area contributed by atoms with Gasteiger partial charge in [0.25, 0.3) is 0 Å². The van der Waals surface area contributed by atoms with Gasteiger partial charge in [0.1, 0.15) is 0 Å². The third-order valence-electron chi connectivity index (χ3n) is 4.08. The van der Waals surface area contributed by atoms with Crippen molar-refractivity contribution in [1.82, 2.24) is 4.72 Å². The second-order valence-corrected chi connectivity index (χ2v) is 7.43. The van der Waals surface area contributed by atoms with Crippen LogP contribution in [0, 0.1) is 23.3 Å². The summed E-state index contributed by atoms with van der Waals surface area (Å²) < 4.78 is 86.4. The third-order valence-corrected chi connectivity index (χ3v) is 5.62. The molecule has 1 N–H and O–H groups in total. The topological polar surface area (TPSA) is 55.4 Å². The molecule has 1 aliphatic carbocycles. The predicted molar refractivity (Wildman–Crippen MR) is 79.3 cm³/mol. The molecule has 0 heterocycles. The van der Waals surface area contributed by atoms with Crippen molar-refractivity contribution in [2.45, 2.75) is 55.9 Å². The maximum absolute atomic E-state index is 14.0. The lowest BCUT2D eigenvalue weighted by atomic mass is 9.97. The van der Waals surface area contributed by atoms with Crippen molar-refractivity contribution < 1.29 is 30.7 Å². The summed E-state index contributed by atoms with van der Waals surface area (Å²) in [5.41, 5.74) is 0. The molecule has 0 atom stereocenters. The Morgan fingerprint density at radius 1 is 0.875 bits per heavy atom. The summed E-state index contributed by atoms with van der Waals surface area (Å²) in [6.45, 7) is 0. The van der Waals surface area contributed by atoms with Crippen LogP contribution in [-0.2, 0) is 10.0 Å². The van der Waals surface area contributed by atoms with Crippen LogP contribution in [-0.4, -0.2) is 21.6 Å². The molecule has 0 spiro atoms. The number of ether oxygens (including phenoxy) is 1. The Morgan fingerprint density at radius 2 is 1.33 bits per heavy atom. The first-order valence-corrected chi connectivity index (χ1v) is 9.20. The van der Waals surface area contributed by atoms with Gasteiger partial charge >= 0.3 is 0 Å². The van der Waals surface area contributed by atoms with Gasteiger partial charge in [0.15, 0.2) is 22.3 Å². The Labute approximate surface area is 138 Å². The lowest BCUT2D eigenvalue weighted by molar-refractivity contribution is 0.321. The molecule has 2 rings (SSSR count). The fraction of sp³-hybridized carbons (Fsp3) is 0.600. The monoisotopic (exact) mass is 369 g/mol. The Hall–Kier alpha value is -1.35. The minimum absolute atomic E-state index is 0.504. The van der Waals surface area contributed by atoms with Crippen LogP contribution >= 0.6 is 0 Å². The molecule has 9 heteroatoms. The molecule has 0 radical (unpaired) electrons. The van der Waals surface area contributed by atoms with Crippen LogP contribution in [0.15, 0.2) is 4.90 Å². The van der Waals surface area contributed by atoms with Crippen LogP contribution in [0.1, 0.15) is 44.9 Å². The van der Waals surface area contributed by atoms with Crippen molar-refractivity contribution in [3.8, 4) is 5.75 Å². The Kier molecular flexibility index (Phi) is 6.08. The number of rotatable bonds is 4. The molecule has 1 aromatic rings. The van der Waals surface area contributed by atoms with Crippen molar-refractivity contribution in [1.29, 1.82) is 0 Å². The van der Waals surface area contributed by atoms with E-state index in [2.05, 4.69) is 9.46 Å². The molecule has 1 fully saturated rings. The van der Waals surface area contributed by atoms with Crippen molar-refractivity contribution >= 4 is 10.0 Å². The number of hydrogen-bond donors (Lipinski definition) is 1. The molecular formula is C15H19F4NO3S. The summed E-state index contributed by atoms with van der Waals surface area (Å²) in [4.78, 5) is -1.65. The summed E-state index contributed by atoms with van der Waals surface area (Å²) >= 11 is 0. The second kappa shape index (κ2) is 7.69. The Bertz CT molecular complexity index is 672. The molecule has 0 aromatic heterocycles. The first kappa shape index (κ1) is 19.0. The number of nitrogens with one attached hydrogen (secondary N) is 1. The van der Waals surface area contributed by atoms with Crippen LogP contribution in [0.25, 0.3) is 0 Å². The van der Waals surface area contributed by atoms with E-state index in [0.717, 1.165) is 39.2 Å². The molecule has 1 aliphatic rings.